The van der Waals surface area contributed by atoms with Crippen LogP contribution in [0.5, 0.6) is 0 Å². The molecule has 16 heavy (non-hydrogen) atoms. The average Bonchev–Trinajstić information content (AvgIpc) is 2.27. The van der Waals surface area contributed by atoms with Crippen molar-refractivity contribution in [3.8, 4) is 0 Å². The third-order valence-electron chi connectivity index (χ3n) is 2.22. The zero-order chi connectivity index (χ0) is 12.3. The Morgan fingerprint density at radius 1 is 0.938 bits per heavy atom. The fraction of sp³-hybridized carbons (Fsp3) is 1.00. The van der Waals surface area contributed by atoms with Gasteiger partial charge in [-0.1, -0.05) is 0 Å². The Morgan fingerprint density at radius 2 is 1.44 bits per heavy atom. The van der Waals surface area contributed by atoms with Gasteiger partial charge in [0.25, 0.3) is 0 Å². The van der Waals surface area contributed by atoms with Gasteiger partial charge in [-0.25, -0.2) is 0 Å². The normalized spacial score (nSPS) is 12.0. The lowest BCUT2D eigenvalue weighted by Gasteiger charge is -2.26. The first-order chi connectivity index (χ1) is 7.68. The molecule has 6 heteroatoms. The van der Waals surface area contributed by atoms with Crippen molar-refractivity contribution in [3.63, 3.8) is 0 Å². The third-order valence-corrected chi connectivity index (χ3v) is 5.12. The second-order valence-electron chi connectivity index (χ2n) is 3.71. The molecule has 0 aliphatic carbocycles. The Kier molecular flexibility index (Phi) is 10.2. The van der Waals surface area contributed by atoms with Crippen LogP contribution in [0, 0.1) is 0 Å². The molecule has 0 heterocycles. The summed E-state index contributed by atoms with van der Waals surface area (Å²) in [5.41, 5.74) is 5.51. The molecule has 0 bridgehead atoms. The highest BCUT2D eigenvalue weighted by Gasteiger charge is 2.30. The van der Waals surface area contributed by atoms with Gasteiger partial charge in [0.15, 0.2) is 0 Å². The summed E-state index contributed by atoms with van der Waals surface area (Å²) in [6.07, 6.45) is 0.933. The Morgan fingerprint density at radius 3 is 1.81 bits per heavy atom. The van der Waals surface area contributed by atoms with E-state index < -0.39 is 8.56 Å². The SMILES string of the molecule is COCCO[Si](C)(CCCN)OCCOC. The van der Waals surface area contributed by atoms with Crippen molar-refractivity contribution in [3.05, 3.63) is 0 Å². The molecule has 0 rings (SSSR count). The van der Waals surface area contributed by atoms with Crippen molar-refractivity contribution in [1.29, 1.82) is 0 Å². The van der Waals surface area contributed by atoms with Gasteiger partial charge in [-0.15, -0.1) is 0 Å². The maximum atomic E-state index is 5.80. The molecule has 98 valence electrons. The lowest BCUT2D eigenvalue weighted by atomic mass is 10.5. The van der Waals surface area contributed by atoms with E-state index in [0.29, 0.717) is 33.0 Å². The van der Waals surface area contributed by atoms with E-state index in [-0.39, 0.29) is 0 Å². The topological polar surface area (TPSA) is 62.9 Å². The van der Waals surface area contributed by atoms with Crippen molar-refractivity contribution < 1.29 is 18.3 Å². The number of hydrogen-bond acceptors (Lipinski definition) is 5. The molecule has 0 aliphatic heterocycles. The molecule has 0 saturated carbocycles. The Balaban J connectivity index is 3.91. The van der Waals surface area contributed by atoms with Gasteiger partial charge in [-0.05, 0) is 25.6 Å². The minimum Gasteiger partial charge on any atom is -0.392 e. The van der Waals surface area contributed by atoms with Crippen LogP contribution in [-0.4, -0.2) is 55.8 Å². The molecule has 0 saturated heterocycles. The summed E-state index contributed by atoms with van der Waals surface area (Å²) in [4.78, 5) is 0. The average molecular weight is 251 g/mol. The van der Waals surface area contributed by atoms with Crippen molar-refractivity contribution in [1.82, 2.24) is 0 Å². The van der Waals surface area contributed by atoms with Gasteiger partial charge in [0.2, 0.25) is 0 Å². The summed E-state index contributed by atoms with van der Waals surface area (Å²) in [5, 5.41) is 0. The van der Waals surface area contributed by atoms with Crippen LogP contribution in [-0.2, 0) is 18.3 Å². The van der Waals surface area contributed by atoms with E-state index >= 15 is 0 Å². The highest BCUT2D eigenvalue weighted by atomic mass is 28.4. The van der Waals surface area contributed by atoms with Gasteiger partial charge in [0, 0.05) is 14.2 Å². The molecule has 0 spiro atoms. The highest BCUT2D eigenvalue weighted by molar-refractivity contribution is 6.66. The maximum Gasteiger partial charge on any atom is 0.335 e. The first-order valence-electron chi connectivity index (χ1n) is 5.64. The summed E-state index contributed by atoms with van der Waals surface area (Å²) in [7, 11) is 1.24. The van der Waals surface area contributed by atoms with Crippen LogP contribution in [0.4, 0.5) is 0 Å². The predicted octanol–water partition coefficient (Wildman–Crippen LogP) is 0.733. The van der Waals surface area contributed by atoms with Crippen molar-refractivity contribution >= 4 is 8.56 Å². The number of hydrogen-bond donors (Lipinski definition) is 1. The van der Waals surface area contributed by atoms with Gasteiger partial charge in [-0.2, -0.15) is 0 Å². The van der Waals surface area contributed by atoms with E-state index in [1.54, 1.807) is 14.2 Å². The molecule has 0 unspecified atom stereocenters. The molecule has 0 aromatic rings. The summed E-state index contributed by atoms with van der Waals surface area (Å²) in [6, 6.07) is 0.914. The largest absolute Gasteiger partial charge is 0.392 e. The van der Waals surface area contributed by atoms with Gasteiger partial charge in [-0.3, -0.25) is 0 Å². The quantitative estimate of drug-likeness (QED) is 0.433. The number of methoxy groups -OCH3 is 2. The van der Waals surface area contributed by atoms with E-state index in [2.05, 4.69) is 6.55 Å². The molecule has 0 radical (unpaired) electrons. The van der Waals surface area contributed by atoms with Crippen molar-refractivity contribution in [2.24, 2.45) is 5.73 Å². The van der Waals surface area contributed by atoms with E-state index in [4.69, 9.17) is 24.1 Å². The van der Waals surface area contributed by atoms with E-state index in [1.165, 1.54) is 0 Å². The van der Waals surface area contributed by atoms with Crippen LogP contribution < -0.4 is 5.73 Å². The van der Waals surface area contributed by atoms with Crippen molar-refractivity contribution in [2.75, 3.05) is 47.2 Å². The third kappa shape index (κ3) is 8.20. The zero-order valence-corrected chi connectivity index (χ0v) is 11.7. The standard InChI is InChI=1S/C10H25NO4Si/c1-12-6-8-14-16(3,10-4-5-11)15-9-7-13-2/h4-11H2,1-3H3. The van der Waals surface area contributed by atoms with Gasteiger partial charge in [0.05, 0.1) is 26.4 Å². The molecular weight excluding hydrogens is 226 g/mol. The molecule has 2 N–H and O–H groups in total. The molecule has 0 aromatic heterocycles. The Bertz CT molecular complexity index is 150. The lowest BCUT2D eigenvalue weighted by molar-refractivity contribution is 0.0883. The predicted molar refractivity (Wildman–Crippen MR) is 65.8 cm³/mol. The number of rotatable bonds is 11. The van der Waals surface area contributed by atoms with E-state index in [1.807, 2.05) is 0 Å². The summed E-state index contributed by atoms with van der Waals surface area (Å²) in [5.74, 6) is 0. The first-order valence-corrected chi connectivity index (χ1v) is 8.16. The van der Waals surface area contributed by atoms with Crippen LogP contribution in [0.15, 0.2) is 0 Å². The number of nitrogens with two attached hydrogens (primary N) is 1. The minimum atomic E-state index is -2.08. The van der Waals surface area contributed by atoms with Gasteiger partial charge in [0.1, 0.15) is 0 Å². The second kappa shape index (κ2) is 10.2. The Hall–Kier alpha value is 0.0169. The molecule has 5 nitrogen and oxygen atoms in total. The minimum absolute atomic E-state index is 0.580. The first kappa shape index (κ1) is 16.0. The molecule has 0 amide bonds. The van der Waals surface area contributed by atoms with Crippen LogP contribution in [0.1, 0.15) is 6.42 Å². The molecule has 0 fully saturated rings. The summed E-state index contributed by atoms with van der Waals surface area (Å²) in [6.45, 7) is 5.09. The summed E-state index contributed by atoms with van der Waals surface area (Å²) < 4.78 is 21.5. The maximum absolute atomic E-state index is 5.80. The Labute approximate surface area is 99.4 Å². The molecule has 0 aromatic carbocycles. The fourth-order valence-electron chi connectivity index (χ4n) is 1.29. The van der Waals surface area contributed by atoms with E-state index in [9.17, 15) is 0 Å². The second-order valence-corrected chi connectivity index (χ2v) is 7.05. The van der Waals surface area contributed by atoms with Gasteiger partial charge >= 0.3 is 8.56 Å². The van der Waals surface area contributed by atoms with Crippen LogP contribution in [0.2, 0.25) is 12.6 Å². The van der Waals surface area contributed by atoms with Crippen LogP contribution in [0.25, 0.3) is 0 Å². The fourth-order valence-corrected chi connectivity index (χ4v) is 3.54. The molecule has 0 aliphatic rings. The lowest BCUT2D eigenvalue weighted by Crippen LogP contribution is -2.41. The van der Waals surface area contributed by atoms with Crippen molar-refractivity contribution in [2.45, 2.75) is 19.0 Å². The van der Waals surface area contributed by atoms with Crippen LogP contribution >= 0.6 is 0 Å². The smallest absolute Gasteiger partial charge is 0.335 e. The monoisotopic (exact) mass is 251 g/mol. The molecule has 0 atom stereocenters. The molecular formula is C10H25NO4Si. The highest BCUT2D eigenvalue weighted by Crippen LogP contribution is 2.15. The van der Waals surface area contributed by atoms with Crippen LogP contribution in [0.3, 0.4) is 0 Å². The number of ether oxygens (including phenoxy) is 2. The summed E-state index contributed by atoms with van der Waals surface area (Å²) >= 11 is 0. The zero-order valence-electron chi connectivity index (χ0n) is 10.7. The van der Waals surface area contributed by atoms with Gasteiger partial charge < -0.3 is 24.1 Å². The van der Waals surface area contributed by atoms with E-state index in [0.717, 1.165) is 12.5 Å².